The van der Waals surface area contributed by atoms with E-state index in [1.165, 1.54) is 0 Å². The first-order valence-electron chi connectivity index (χ1n) is 10.1. The van der Waals surface area contributed by atoms with Gasteiger partial charge in [-0.05, 0) is 16.7 Å². The van der Waals surface area contributed by atoms with Crippen molar-refractivity contribution in [3.8, 4) is 0 Å². The van der Waals surface area contributed by atoms with Crippen molar-refractivity contribution in [3.05, 3.63) is 143 Å². The molecule has 1 radical (unpaired) electrons. The molecule has 3 nitrogen and oxygen atoms in total. The Kier molecular flexibility index (Phi) is 4.52. The molecular weight excluding hydrogens is 370 g/mol. The fraction of sp³-hybridized carbons (Fsp3) is 0.111. The Bertz CT molecular complexity index is 1110. The highest BCUT2D eigenvalue weighted by molar-refractivity contribution is 5.59. The third kappa shape index (κ3) is 2.37. The number of methoxy groups -OCH3 is 1. The molecule has 1 unspecified atom stereocenters. The summed E-state index contributed by atoms with van der Waals surface area (Å²) in [7, 11) is 1.61. The zero-order valence-electron chi connectivity index (χ0n) is 16.7. The van der Waals surface area contributed by atoms with Gasteiger partial charge in [-0.2, -0.15) is 0 Å². The Hall–Kier alpha value is -3.24. The van der Waals surface area contributed by atoms with Crippen LogP contribution in [0.15, 0.2) is 115 Å². The van der Waals surface area contributed by atoms with Crippen LogP contribution in [0.3, 0.4) is 0 Å². The van der Waals surface area contributed by atoms with Crippen molar-refractivity contribution < 1.29 is 9.94 Å². The molecule has 0 spiro atoms. The predicted octanol–water partition coefficient (Wildman–Crippen LogP) is 5.49. The predicted molar refractivity (Wildman–Crippen MR) is 116 cm³/mol. The Morgan fingerprint density at radius 3 is 1.43 bits per heavy atom. The highest BCUT2D eigenvalue weighted by Gasteiger charge is 2.62. The summed E-state index contributed by atoms with van der Waals surface area (Å²) < 4.78 is 6.14. The van der Waals surface area contributed by atoms with Gasteiger partial charge in [-0.25, -0.2) is 0 Å². The minimum absolute atomic E-state index is 0.809. The van der Waals surface area contributed by atoms with E-state index in [1.807, 2.05) is 115 Å². The standard InChI is InChI=1S/C27H22NO2/c1-30-27(23-17-9-4-10-18-23)25-20-12-11-19-24(25)26(28(27)29,21-13-5-2-6-14-21)22-15-7-3-8-16-22/h2-20H,1H3. The highest BCUT2D eigenvalue weighted by atomic mass is 16.6. The lowest BCUT2D eigenvalue weighted by Gasteiger charge is -2.41. The molecule has 0 aromatic heterocycles. The van der Waals surface area contributed by atoms with Crippen molar-refractivity contribution in [3.63, 3.8) is 0 Å². The number of benzene rings is 4. The van der Waals surface area contributed by atoms with Crippen molar-refractivity contribution in [2.75, 3.05) is 7.11 Å². The molecule has 4 aromatic rings. The normalized spacial score (nSPS) is 20.1. The van der Waals surface area contributed by atoms with Crippen molar-refractivity contribution >= 4 is 0 Å². The van der Waals surface area contributed by atoms with Gasteiger partial charge in [-0.3, -0.25) is 0 Å². The van der Waals surface area contributed by atoms with E-state index >= 15 is 0 Å². The van der Waals surface area contributed by atoms with Gasteiger partial charge in [0.2, 0.25) is 0 Å². The summed E-state index contributed by atoms with van der Waals surface area (Å²) in [6.07, 6.45) is 0. The summed E-state index contributed by atoms with van der Waals surface area (Å²) in [6, 6.07) is 37.7. The second-order valence-electron chi connectivity index (χ2n) is 7.50. The van der Waals surface area contributed by atoms with E-state index in [2.05, 4.69) is 0 Å². The summed E-state index contributed by atoms with van der Waals surface area (Å²) in [5.74, 6) is 0. The van der Waals surface area contributed by atoms with Gasteiger partial charge in [0.1, 0.15) is 5.54 Å². The molecule has 147 valence electrons. The first kappa shape index (κ1) is 18.8. The van der Waals surface area contributed by atoms with Crippen LogP contribution in [-0.4, -0.2) is 12.2 Å². The molecule has 0 saturated heterocycles. The van der Waals surface area contributed by atoms with Crippen LogP contribution in [0.4, 0.5) is 0 Å². The maximum absolute atomic E-state index is 14.6. The largest absolute Gasteiger partial charge is 0.353 e. The fourth-order valence-electron chi connectivity index (χ4n) is 4.87. The van der Waals surface area contributed by atoms with Crippen molar-refractivity contribution in [1.82, 2.24) is 5.06 Å². The third-order valence-corrected chi connectivity index (χ3v) is 6.12. The van der Waals surface area contributed by atoms with E-state index in [9.17, 15) is 5.21 Å². The number of nitrogens with zero attached hydrogens (tertiary/aromatic N) is 1. The number of ether oxygens (including phenoxy) is 1. The Morgan fingerprint density at radius 1 is 0.567 bits per heavy atom. The number of hydrogen-bond donors (Lipinski definition) is 0. The molecule has 5 rings (SSSR count). The van der Waals surface area contributed by atoms with Crippen molar-refractivity contribution in [1.29, 1.82) is 0 Å². The lowest BCUT2D eigenvalue weighted by Crippen LogP contribution is -2.51. The van der Waals surface area contributed by atoms with Crippen LogP contribution in [0.2, 0.25) is 0 Å². The molecule has 4 aromatic carbocycles. The van der Waals surface area contributed by atoms with E-state index < -0.39 is 11.3 Å². The summed E-state index contributed by atoms with van der Waals surface area (Å²) in [5.41, 5.74) is 2.13. The lowest BCUT2D eigenvalue weighted by molar-refractivity contribution is -0.320. The van der Waals surface area contributed by atoms with Gasteiger partial charge in [-0.1, -0.05) is 120 Å². The van der Waals surface area contributed by atoms with Gasteiger partial charge in [-0.15, -0.1) is 5.21 Å². The van der Waals surface area contributed by atoms with Crippen LogP contribution >= 0.6 is 0 Å². The van der Waals surface area contributed by atoms with Crippen LogP contribution in [0.5, 0.6) is 0 Å². The summed E-state index contributed by atoms with van der Waals surface area (Å²) in [4.78, 5) is 0. The molecule has 0 bridgehead atoms. The van der Waals surface area contributed by atoms with Crippen LogP contribution in [-0.2, 0) is 21.2 Å². The molecular formula is C27H22NO2. The molecule has 0 fully saturated rings. The Labute approximate surface area is 176 Å². The van der Waals surface area contributed by atoms with E-state index in [0.29, 0.717) is 0 Å². The zero-order valence-corrected chi connectivity index (χ0v) is 16.7. The molecule has 0 aliphatic carbocycles. The molecule has 1 aliphatic heterocycles. The molecule has 1 aliphatic rings. The van der Waals surface area contributed by atoms with Crippen LogP contribution < -0.4 is 0 Å². The van der Waals surface area contributed by atoms with E-state index in [-0.39, 0.29) is 0 Å². The monoisotopic (exact) mass is 392 g/mol. The summed E-state index contributed by atoms with van der Waals surface area (Å²) >= 11 is 0. The van der Waals surface area contributed by atoms with Crippen LogP contribution in [0, 0.1) is 0 Å². The molecule has 0 saturated carbocycles. The number of hydrogen-bond acceptors (Lipinski definition) is 2. The average molecular weight is 392 g/mol. The third-order valence-electron chi connectivity index (χ3n) is 6.12. The summed E-state index contributed by atoms with van der Waals surface area (Å²) in [5, 5.41) is 15.8. The Balaban J connectivity index is 1.92. The number of hydroxylamine groups is 2. The van der Waals surface area contributed by atoms with E-state index in [1.54, 1.807) is 7.11 Å². The zero-order chi connectivity index (χ0) is 20.6. The smallest absolute Gasteiger partial charge is 0.200 e. The van der Waals surface area contributed by atoms with E-state index in [0.717, 1.165) is 32.9 Å². The maximum Gasteiger partial charge on any atom is 0.200 e. The molecule has 30 heavy (non-hydrogen) atoms. The van der Waals surface area contributed by atoms with Gasteiger partial charge < -0.3 is 4.74 Å². The van der Waals surface area contributed by atoms with E-state index in [4.69, 9.17) is 4.74 Å². The topological polar surface area (TPSA) is 32.4 Å². The van der Waals surface area contributed by atoms with Crippen molar-refractivity contribution in [2.45, 2.75) is 11.3 Å². The number of rotatable bonds is 4. The first-order valence-corrected chi connectivity index (χ1v) is 10.1. The maximum atomic E-state index is 14.6. The molecule has 0 amide bonds. The quantitative estimate of drug-likeness (QED) is 0.460. The molecule has 1 heterocycles. The SMILES string of the molecule is COC1(c2ccccc2)c2ccccc2C(c2ccccc2)(c2ccccc2)N1[O]. The molecule has 0 N–H and O–H groups in total. The number of fused-ring (bicyclic) bond motifs is 1. The summed E-state index contributed by atoms with van der Waals surface area (Å²) in [6.45, 7) is 0. The van der Waals surface area contributed by atoms with Gasteiger partial charge >= 0.3 is 0 Å². The van der Waals surface area contributed by atoms with Gasteiger partial charge in [0.05, 0.1) is 0 Å². The Morgan fingerprint density at radius 2 is 0.967 bits per heavy atom. The van der Waals surface area contributed by atoms with Gasteiger partial charge in [0.15, 0.2) is 5.72 Å². The average Bonchev–Trinajstić information content (AvgIpc) is 3.06. The molecule has 1 atom stereocenters. The fourth-order valence-corrected chi connectivity index (χ4v) is 4.87. The second kappa shape index (κ2) is 7.22. The van der Waals surface area contributed by atoms with Crippen LogP contribution in [0.25, 0.3) is 0 Å². The lowest BCUT2D eigenvalue weighted by atomic mass is 9.77. The first-order chi connectivity index (χ1) is 14.8. The van der Waals surface area contributed by atoms with Gasteiger partial charge in [0, 0.05) is 18.2 Å². The highest BCUT2D eigenvalue weighted by Crippen LogP contribution is 2.57. The minimum Gasteiger partial charge on any atom is -0.353 e. The van der Waals surface area contributed by atoms with Crippen LogP contribution in [0.1, 0.15) is 27.8 Å². The van der Waals surface area contributed by atoms with Crippen molar-refractivity contribution in [2.24, 2.45) is 0 Å². The van der Waals surface area contributed by atoms with Gasteiger partial charge in [0.25, 0.3) is 0 Å². The molecule has 3 heteroatoms. The second-order valence-corrected chi connectivity index (χ2v) is 7.50. The minimum atomic E-state index is -1.26.